The molecule has 4 rings (SSSR count). The fourth-order valence-corrected chi connectivity index (χ4v) is 5.00. The monoisotopic (exact) mass is 500 g/mol. The number of benzene rings is 2. The maximum Gasteiger partial charge on any atom is 0.256 e. The van der Waals surface area contributed by atoms with Gasteiger partial charge in [0, 0.05) is 24.7 Å². The first-order valence-electron chi connectivity index (χ1n) is 12.8. The molecule has 2 aromatic rings. The number of aryl methyl sites for hydroxylation is 1. The molecule has 0 radical (unpaired) electrons. The molecule has 2 heterocycles. The predicted molar refractivity (Wildman–Crippen MR) is 132 cm³/mol. The summed E-state index contributed by atoms with van der Waals surface area (Å²) in [6.07, 6.45) is 4.58. The second-order valence-corrected chi connectivity index (χ2v) is 9.54. The lowest BCUT2D eigenvalue weighted by atomic mass is 9.90. The fourth-order valence-electron chi connectivity index (χ4n) is 5.00. The lowest BCUT2D eigenvalue weighted by Crippen LogP contribution is -2.62. The van der Waals surface area contributed by atoms with Gasteiger partial charge in [-0.25, -0.2) is 8.78 Å². The van der Waals surface area contributed by atoms with Crippen LogP contribution < -0.4 is 4.74 Å². The third-order valence-electron chi connectivity index (χ3n) is 6.91. The second-order valence-electron chi connectivity index (χ2n) is 9.54. The summed E-state index contributed by atoms with van der Waals surface area (Å²) >= 11 is 0. The van der Waals surface area contributed by atoms with E-state index in [4.69, 9.17) is 9.47 Å². The Morgan fingerprint density at radius 3 is 2.61 bits per heavy atom. The molecule has 2 aliphatic rings. The van der Waals surface area contributed by atoms with Crippen molar-refractivity contribution in [3.63, 3.8) is 0 Å². The molecule has 1 spiro atoms. The smallest absolute Gasteiger partial charge is 0.256 e. The Morgan fingerprint density at radius 2 is 1.83 bits per heavy atom. The topological polar surface area (TPSA) is 59.1 Å². The number of carbonyl (C=O) groups excluding carboxylic acids is 2. The summed E-state index contributed by atoms with van der Waals surface area (Å²) in [4.78, 5) is 30.5. The Balaban J connectivity index is 1.60. The number of rotatable bonds is 4. The van der Waals surface area contributed by atoms with Gasteiger partial charge in [-0.2, -0.15) is 0 Å². The van der Waals surface area contributed by atoms with Crippen LogP contribution in [0.15, 0.2) is 42.5 Å². The molecule has 1 saturated heterocycles. The van der Waals surface area contributed by atoms with Gasteiger partial charge in [0.05, 0.1) is 19.7 Å². The summed E-state index contributed by atoms with van der Waals surface area (Å²) in [6, 6.07) is 10.8. The van der Waals surface area contributed by atoms with Crippen LogP contribution in [0.1, 0.15) is 54.9 Å². The Hall–Kier alpha value is -3.00. The van der Waals surface area contributed by atoms with E-state index in [1.807, 2.05) is 18.2 Å². The number of unbranched alkanes of at least 4 members (excludes halogenated alkanes) is 1. The molecule has 0 aliphatic carbocycles. The first kappa shape index (κ1) is 26.1. The molecule has 2 amide bonds. The minimum absolute atomic E-state index is 0.0445. The Bertz CT molecular complexity index is 1060. The van der Waals surface area contributed by atoms with Crippen molar-refractivity contribution >= 4 is 11.8 Å². The fraction of sp³-hybridized carbons (Fsp3) is 0.500. The molecule has 2 aliphatic heterocycles. The van der Waals surface area contributed by atoms with E-state index in [9.17, 15) is 18.4 Å². The van der Waals surface area contributed by atoms with Crippen LogP contribution in [0, 0.1) is 11.6 Å². The molecule has 0 N–H and O–H groups in total. The standard InChI is InChI=1S/C28H34F2N2O4/c1-2-3-12-31-13-15-35-25-10-5-4-8-21(25)9-6-7-11-28(27(31)34)20-32(14-16-36-28)26(33)22-17-23(29)19-24(30)18-22/h4-5,8,10,17-19H,2-3,6-7,9,11-16,20H2,1H3. The molecule has 2 aromatic carbocycles. The maximum absolute atomic E-state index is 14.0. The van der Waals surface area contributed by atoms with E-state index < -0.39 is 23.1 Å². The van der Waals surface area contributed by atoms with E-state index in [1.165, 1.54) is 4.90 Å². The molecule has 194 valence electrons. The zero-order valence-electron chi connectivity index (χ0n) is 20.8. The minimum atomic E-state index is -1.20. The number of carbonyl (C=O) groups is 2. The number of ether oxygens (including phenoxy) is 2. The Kier molecular flexibility index (Phi) is 8.56. The van der Waals surface area contributed by atoms with Crippen molar-refractivity contribution in [3.8, 4) is 5.75 Å². The van der Waals surface area contributed by atoms with E-state index in [-0.39, 0.29) is 31.2 Å². The molecule has 36 heavy (non-hydrogen) atoms. The maximum atomic E-state index is 14.0. The first-order valence-corrected chi connectivity index (χ1v) is 12.8. The van der Waals surface area contributed by atoms with Crippen molar-refractivity contribution < 1.29 is 27.8 Å². The van der Waals surface area contributed by atoms with Gasteiger partial charge in [0.1, 0.15) is 24.0 Å². The van der Waals surface area contributed by atoms with Crippen molar-refractivity contribution in [1.29, 1.82) is 0 Å². The average molecular weight is 501 g/mol. The van der Waals surface area contributed by atoms with E-state index in [1.54, 1.807) is 4.90 Å². The second kappa shape index (κ2) is 11.8. The quantitative estimate of drug-likeness (QED) is 0.615. The summed E-state index contributed by atoms with van der Waals surface area (Å²) in [5.74, 6) is -1.43. The summed E-state index contributed by atoms with van der Waals surface area (Å²) in [5.41, 5.74) is -0.141. The zero-order valence-corrected chi connectivity index (χ0v) is 20.8. The molecule has 8 heteroatoms. The van der Waals surface area contributed by atoms with Gasteiger partial charge in [-0.1, -0.05) is 31.5 Å². The van der Waals surface area contributed by atoms with Crippen LogP contribution in [0.4, 0.5) is 8.78 Å². The van der Waals surface area contributed by atoms with Crippen molar-refractivity contribution in [2.45, 2.75) is 51.0 Å². The average Bonchev–Trinajstić information content (AvgIpc) is 2.87. The SMILES string of the molecule is CCCCN1CCOc2ccccc2CCCCC2(CN(C(=O)c3cc(F)cc(F)c3)CCO2)C1=O. The van der Waals surface area contributed by atoms with E-state index >= 15 is 0 Å². The van der Waals surface area contributed by atoms with Gasteiger partial charge in [0.2, 0.25) is 0 Å². The van der Waals surface area contributed by atoms with Crippen LogP contribution in [0.25, 0.3) is 0 Å². The van der Waals surface area contributed by atoms with Crippen molar-refractivity contribution in [2.24, 2.45) is 0 Å². The Morgan fingerprint density at radius 1 is 1.06 bits per heavy atom. The number of para-hydroxylation sites is 1. The van der Waals surface area contributed by atoms with E-state index in [0.717, 1.165) is 61.6 Å². The van der Waals surface area contributed by atoms with Gasteiger partial charge in [0.15, 0.2) is 5.60 Å². The van der Waals surface area contributed by atoms with Crippen LogP contribution in [0.3, 0.4) is 0 Å². The highest BCUT2D eigenvalue weighted by Gasteiger charge is 2.46. The lowest BCUT2D eigenvalue weighted by molar-refractivity contribution is -0.170. The normalized spacial score (nSPS) is 21.4. The third kappa shape index (κ3) is 6.03. The molecule has 6 nitrogen and oxygen atoms in total. The van der Waals surface area contributed by atoms with Crippen LogP contribution in [0.5, 0.6) is 5.75 Å². The number of hydrogen-bond donors (Lipinski definition) is 0. The highest BCUT2D eigenvalue weighted by molar-refractivity contribution is 5.95. The van der Waals surface area contributed by atoms with Crippen molar-refractivity contribution in [3.05, 3.63) is 65.2 Å². The zero-order chi connectivity index (χ0) is 25.5. The summed E-state index contributed by atoms with van der Waals surface area (Å²) < 4.78 is 39.8. The van der Waals surface area contributed by atoms with Gasteiger partial charge in [-0.15, -0.1) is 0 Å². The van der Waals surface area contributed by atoms with Crippen molar-refractivity contribution in [2.75, 3.05) is 39.4 Å². The summed E-state index contributed by atoms with van der Waals surface area (Å²) in [6.45, 7) is 3.86. The molecule has 0 aromatic heterocycles. The largest absolute Gasteiger partial charge is 0.491 e. The predicted octanol–water partition coefficient (Wildman–Crippen LogP) is 4.61. The molecule has 1 unspecified atom stereocenters. The minimum Gasteiger partial charge on any atom is -0.491 e. The number of morpholine rings is 1. The number of amides is 2. The first-order chi connectivity index (χ1) is 17.4. The molecule has 0 saturated carbocycles. The summed E-state index contributed by atoms with van der Waals surface area (Å²) in [5, 5.41) is 0. The number of nitrogens with zero attached hydrogens (tertiary/aromatic N) is 2. The van der Waals surface area contributed by atoms with E-state index in [2.05, 4.69) is 13.0 Å². The number of halogens is 2. The number of hydrogen-bond acceptors (Lipinski definition) is 4. The highest BCUT2D eigenvalue weighted by atomic mass is 19.1. The molecule has 0 bridgehead atoms. The van der Waals surface area contributed by atoms with Crippen LogP contribution >= 0.6 is 0 Å². The van der Waals surface area contributed by atoms with Crippen LogP contribution in [-0.2, 0) is 16.0 Å². The van der Waals surface area contributed by atoms with Gasteiger partial charge in [-0.05, 0) is 55.9 Å². The number of fused-ring (bicyclic) bond motifs is 1. The van der Waals surface area contributed by atoms with Gasteiger partial charge >= 0.3 is 0 Å². The third-order valence-corrected chi connectivity index (χ3v) is 6.91. The molecular formula is C28H34F2N2O4. The lowest BCUT2D eigenvalue weighted by Gasteiger charge is -2.44. The molecule has 1 fully saturated rings. The van der Waals surface area contributed by atoms with Crippen LogP contribution in [0.2, 0.25) is 0 Å². The van der Waals surface area contributed by atoms with Gasteiger partial charge in [-0.3, -0.25) is 9.59 Å². The van der Waals surface area contributed by atoms with Crippen molar-refractivity contribution in [1.82, 2.24) is 9.80 Å². The molecular weight excluding hydrogens is 466 g/mol. The Labute approximate surface area is 211 Å². The van der Waals surface area contributed by atoms with Crippen LogP contribution in [-0.4, -0.2) is 66.6 Å². The molecule has 1 atom stereocenters. The summed E-state index contributed by atoms with van der Waals surface area (Å²) in [7, 11) is 0. The highest BCUT2D eigenvalue weighted by Crippen LogP contribution is 2.30. The van der Waals surface area contributed by atoms with Gasteiger partial charge < -0.3 is 19.3 Å². The van der Waals surface area contributed by atoms with E-state index in [0.29, 0.717) is 26.1 Å². The van der Waals surface area contributed by atoms with Gasteiger partial charge in [0.25, 0.3) is 11.8 Å².